The van der Waals surface area contributed by atoms with Crippen molar-refractivity contribution in [2.45, 2.75) is 12.8 Å². The molecule has 0 spiro atoms. The van der Waals surface area contributed by atoms with Gasteiger partial charge in [-0.25, -0.2) is 5.43 Å². The molecule has 0 heterocycles. The second kappa shape index (κ2) is 9.09. The molecule has 2 aromatic rings. The Hall–Kier alpha value is -3.15. The third-order valence-electron chi connectivity index (χ3n) is 3.18. The van der Waals surface area contributed by atoms with Gasteiger partial charge in [0.05, 0.1) is 6.21 Å². The number of amides is 2. The van der Waals surface area contributed by atoms with Crippen LogP contribution in [0.3, 0.4) is 0 Å². The van der Waals surface area contributed by atoms with Crippen molar-refractivity contribution < 1.29 is 14.7 Å². The van der Waals surface area contributed by atoms with Crippen molar-refractivity contribution in [3.63, 3.8) is 0 Å². The molecule has 24 heavy (non-hydrogen) atoms. The van der Waals surface area contributed by atoms with Crippen molar-refractivity contribution in [3.05, 3.63) is 65.7 Å². The highest BCUT2D eigenvalue weighted by Gasteiger charge is 2.04. The predicted octanol–water partition coefficient (Wildman–Crippen LogP) is 2.05. The lowest BCUT2D eigenvalue weighted by molar-refractivity contribution is -0.121. The summed E-state index contributed by atoms with van der Waals surface area (Å²) >= 11 is 0. The molecule has 0 saturated heterocycles. The van der Waals surface area contributed by atoms with Crippen molar-refractivity contribution in [3.8, 4) is 5.75 Å². The lowest BCUT2D eigenvalue weighted by atomic mass is 10.2. The Kier molecular flexibility index (Phi) is 6.52. The Balaban J connectivity index is 1.64. The summed E-state index contributed by atoms with van der Waals surface area (Å²) in [6.45, 7) is 0.414. The summed E-state index contributed by atoms with van der Waals surface area (Å²) in [7, 11) is 0. The molecule has 0 fully saturated rings. The lowest BCUT2D eigenvalue weighted by Gasteiger charge is -2.04. The largest absolute Gasteiger partial charge is 0.508 e. The number of nitrogens with one attached hydrogen (secondary N) is 2. The van der Waals surface area contributed by atoms with E-state index in [9.17, 15) is 14.7 Å². The number of benzene rings is 2. The van der Waals surface area contributed by atoms with E-state index in [2.05, 4.69) is 15.8 Å². The summed E-state index contributed by atoms with van der Waals surface area (Å²) in [6, 6.07) is 15.4. The van der Waals surface area contributed by atoms with E-state index >= 15 is 0 Å². The van der Waals surface area contributed by atoms with Gasteiger partial charge in [-0.15, -0.1) is 0 Å². The topological polar surface area (TPSA) is 90.8 Å². The van der Waals surface area contributed by atoms with E-state index in [0.29, 0.717) is 24.1 Å². The maximum atomic E-state index is 11.8. The van der Waals surface area contributed by atoms with Crippen LogP contribution in [-0.2, 0) is 4.79 Å². The molecular weight excluding hydrogens is 306 g/mol. The van der Waals surface area contributed by atoms with E-state index in [-0.39, 0.29) is 24.0 Å². The van der Waals surface area contributed by atoms with E-state index in [1.165, 1.54) is 12.3 Å². The normalized spacial score (nSPS) is 10.5. The standard InChI is InChI=1S/C18H19N3O3/c22-16-9-4-6-14(12-16)13-20-21-17(23)10-5-11-19-18(24)15-7-2-1-3-8-15/h1-4,6-9,12-13,22H,5,10-11H2,(H,19,24)(H,21,23). The number of phenols is 1. The number of hydrazone groups is 1. The average molecular weight is 325 g/mol. The molecule has 0 aliphatic rings. The van der Waals surface area contributed by atoms with Crippen LogP contribution >= 0.6 is 0 Å². The fourth-order valence-electron chi connectivity index (χ4n) is 1.98. The van der Waals surface area contributed by atoms with Crippen molar-refractivity contribution in [1.29, 1.82) is 0 Å². The number of rotatable bonds is 7. The molecule has 0 radical (unpaired) electrons. The quantitative estimate of drug-likeness (QED) is 0.413. The van der Waals surface area contributed by atoms with Gasteiger partial charge in [0.25, 0.3) is 5.91 Å². The SMILES string of the molecule is O=C(CCCNC(=O)c1ccccc1)NN=Cc1cccc(O)c1. The summed E-state index contributed by atoms with van der Waals surface area (Å²) in [4.78, 5) is 23.4. The molecule has 0 unspecified atom stereocenters. The van der Waals surface area contributed by atoms with Gasteiger partial charge in [-0.2, -0.15) is 5.10 Å². The Morgan fingerprint density at radius 3 is 2.62 bits per heavy atom. The van der Waals surface area contributed by atoms with Gasteiger partial charge in [0.15, 0.2) is 0 Å². The van der Waals surface area contributed by atoms with Gasteiger partial charge >= 0.3 is 0 Å². The average Bonchev–Trinajstić information content (AvgIpc) is 2.59. The van der Waals surface area contributed by atoms with Crippen LogP contribution in [0.1, 0.15) is 28.8 Å². The van der Waals surface area contributed by atoms with Crippen LogP contribution in [0.4, 0.5) is 0 Å². The van der Waals surface area contributed by atoms with Gasteiger partial charge in [-0.3, -0.25) is 9.59 Å². The zero-order valence-corrected chi connectivity index (χ0v) is 13.1. The number of carbonyl (C=O) groups is 2. The molecule has 0 atom stereocenters. The maximum Gasteiger partial charge on any atom is 0.251 e. The minimum absolute atomic E-state index is 0.138. The summed E-state index contributed by atoms with van der Waals surface area (Å²) in [6.07, 6.45) is 2.23. The highest BCUT2D eigenvalue weighted by atomic mass is 16.3. The first-order valence-electron chi connectivity index (χ1n) is 7.59. The van der Waals surface area contributed by atoms with Crippen LogP contribution in [0.5, 0.6) is 5.75 Å². The van der Waals surface area contributed by atoms with E-state index in [0.717, 1.165) is 0 Å². The monoisotopic (exact) mass is 325 g/mol. The van der Waals surface area contributed by atoms with Crippen molar-refractivity contribution in [2.75, 3.05) is 6.54 Å². The van der Waals surface area contributed by atoms with Gasteiger partial charge in [-0.1, -0.05) is 30.3 Å². The Bertz CT molecular complexity index is 714. The van der Waals surface area contributed by atoms with Crippen LogP contribution < -0.4 is 10.7 Å². The first-order valence-corrected chi connectivity index (χ1v) is 7.59. The number of carbonyl (C=O) groups excluding carboxylic acids is 2. The molecule has 2 rings (SSSR count). The number of phenolic OH excluding ortho intramolecular Hbond substituents is 1. The second-order valence-corrected chi connectivity index (χ2v) is 5.11. The molecular formula is C18H19N3O3. The number of nitrogens with zero attached hydrogens (tertiary/aromatic N) is 1. The Labute approximate surface area is 140 Å². The third-order valence-corrected chi connectivity index (χ3v) is 3.18. The molecule has 6 heteroatoms. The number of hydrogen-bond donors (Lipinski definition) is 3. The fourth-order valence-corrected chi connectivity index (χ4v) is 1.98. The van der Waals surface area contributed by atoms with E-state index in [1.807, 2.05) is 6.07 Å². The molecule has 3 N–H and O–H groups in total. The maximum absolute atomic E-state index is 11.8. The van der Waals surface area contributed by atoms with Gasteiger partial charge in [-0.05, 0) is 36.2 Å². The highest BCUT2D eigenvalue weighted by Crippen LogP contribution is 2.08. The van der Waals surface area contributed by atoms with Gasteiger partial charge in [0, 0.05) is 18.5 Å². The summed E-state index contributed by atoms with van der Waals surface area (Å²) in [5, 5.41) is 15.9. The molecule has 124 valence electrons. The van der Waals surface area contributed by atoms with Crippen LogP contribution in [0.25, 0.3) is 0 Å². The lowest BCUT2D eigenvalue weighted by Crippen LogP contribution is -2.26. The molecule has 2 aromatic carbocycles. The van der Waals surface area contributed by atoms with Crippen LogP contribution in [0, 0.1) is 0 Å². The van der Waals surface area contributed by atoms with E-state index < -0.39 is 0 Å². The van der Waals surface area contributed by atoms with Gasteiger partial charge in [0.2, 0.25) is 5.91 Å². The molecule has 2 amide bonds. The second-order valence-electron chi connectivity index (χ2n) is 5.11. The van der Waals surface area contributed by atoms with Crippen LogP contribution in [-0.4, -0.2) is 29.7 Å². The van der Waals surface area contributed by atoms with Gasteiger partial charge < -0.3 is 10.4 Å². The summed E-state index contributed by atoms with van der Waals surface area (Å²) in [5.41, 5.74) is 3.69. The zero-order valence-electron chi connectivity index (χ0n) is 13.1. The zero-order chi connectivity index (χ0) is 17.2. The predicted molar refractivity (Wildman–Crippen MR) is 91.9 cm³/mol. The Morgan fingerprint density at radius 1 is 1.08 bits per heavy atom. The van der Waals surface area contributed by atoms with Crippen LogP contribution in [0.15, 0.2) is 59.7 Å². The minimum Gasteiger partial charge on any atom is -0.508 e. The number of hydrogen-bond acceptors (Lipinski definition) is 4. The fraction of sp³-hybridized carbons (Fsp3) is 0.167. The van der Waals surface area contributed by atoms with Gasteiger partial charge in [0.1, 0.15) is 5.75 Å². The molecule has 0 aliphatic carbocycles. The van der Waals surface area contributed by atoms with E-state index in [4.69, 9.17) is 0 Å². The first-order chi connectivity index (χ1) is 11.6. The van der Waals surface area contributed by atoms with Crippen molar-refractivity contribution in [1.82, 2.24) is 10.7 Å². The van der Waals surface area contributed by atoms with Crippen LogP contribution in [0.2, 0.25) is 0 Å². The number of aromatic hydroxyl groups is 1. The summed E-state index contributed by atoms with van der Waals surface area (Å²) in [5.74, 6) is -0.252. The Morgan fingerprint density at radius 2 is 1.88 bits per heavy atom. The highest BCUT2D eigenvalue weighted by molar-refractivity contribution is 5.94. The van der Waals surface area contributed by atoms with Crippen molar-refractivity contribution >= 4 is 18.0 Å². The smallest absolute Gasteiger partial charge is 0.251 e. The first kappa shape index (κ1) is 17.2. The van der Waals surface area contributed by atoms with Crippen molar-refractivity contribution in [2.24, 2.45) is 5.10 Å². The molecule has 0 bridgehead atoms. The molecule has 0 aromatic heterocycles. The third kappa shape index (κ3) is 5.92. The molecule has 0 saturated carbocycles. The summed E-state index contributed by atoms with van der Waals surface area (Å²) < 4.78 is 0. The molecule has 6 nitrogen and oxygen atoms in total. The van der Waals surface area contributed by atoms with E-state index in [1.54, 1.807) is 42.5 Å². The minimum atomic E-state index is -0.236. The molecule has 0 aliphatic heterocycles.